The lowest BCUT2D eigenvalue weighted by molar-refractivity contribution is -0.139. The van der Waals surface area contributed by atoms with E-state index in [1.54, 1.807) is 0 Å². The molecule has 0 saturated carbocycles. The van der Waals surface area contributed by atoms with Crippen LogP contribution in [0.5, 0.6) is 0 Å². The number of carbonyl (C=O) groups is 2. The topological polar surface area (TPSA) is 71.5 Å². The number of piperidine rings is 1. The summed E-state index contributed by atoms with van der Waals surface area (Å²) in [5.74, 6) is -1.02. The first kappa shape index (κ1) is 15.7. The number of amides is 2. The number of aromatic nitrogens is 1. The van der Waals surface area contributed by atoms with E-state index < -0.39 is 29.3 Å². The third-order valence-electron chi connectivity index (χ3n) is 3.97. The zero-order valence-corrected chi connectivity index (χ0v) is 12.0. The molecule has 6 nitrogen and oxygen atoms in total. The van der Waals surface area contributed by atoms with Crippen molar-refractivity contribution in [3.05, 3.63) is 29.6 Å². The molecule has 23 heavy (non-hydrogen) atoms. The molecule has 1 N–H and O–H groups in total. The summed E-state index contributed by atoms with van der Waals surface area (Å²) in [7, 11) is 0. The van der Waals surface area contributed by atoms with Crippen LogP contribution < -0.4 is 5.32 Å². The van der Waals surface area contributed by atoms with E-state index in [1.807, 2.05) is 0 Å². The van der Waals surface area contributed by atoms with Crippen LogP contribution in [0.4, 0.5) is 13.2 Å². The van der Waals surface area contributed by atoms with E-state index in [-0.39, 0.29) is 31.7 Å². The molecule has 2 amide bonds. The molecule has 2 saturated heterocycles. The molecule has 2 aliphatic heterocycles. The van der Waals surface area contributed by atoms with Crippen molar-refractivity contribution in [3.8, 4) is 0 Å². The number of pyridine rings is 1. The molecular formula is C14H14F3N3O3. The zero-order chi connectivity index (χ0) is 16.6. The maximum atomic E-state index is 13.0. The number of rotatable bonds is 1. The van der Waals surface area contributed by atoms with Gasteiger partial charge in [0.2, 0.25) is 5.91 Å². The van der Waals surface area contributed by atoms with Crippen molar-refractivity contribution >= 4 is 11.8 Å². The van der Waals surface area contributed by atoms with Gasteiger partial charge in [-0.3, -0.25) is 14.6 Å². The standard InChI is InChI=1S/C14H14F3N3O3/c15-14(16,17)9-5-18-3-1-8(9)13(22)20-4-2-11-10(6-20)19-12(21)7-23-11/h1,3,5,10-11H,2,4,6-7H2,(H,19,21). The van der Waals surface area contributed by atoms with Gasteiger partial charge in [0.25, 0.3) is 5.91 Å². The number of alkyl halides is 3. The molecule has 2 fully saturated rings. The fraction of sp³-hybridized carbons (Fsp3) is 0.500. The third-order valence-corrected chi connectivity index (χ3v) is 3.97. The minimum atomic E-state index is -4.65. The van der Waals surface area contributed by atoms with Gasteiger partial charge in [-0.25, -0.2) is 0 Å². The molecule has 0 spiro atoms. The van der Waals surface area contributed by atoms with Crippen LogP contribution in [0, 0.1) is 0 Å². The maximum absolute atomic E-state index is 13.0. The molecule has 3 rings (SSSR count). The summed E-state index contributed by atoms with van der Waals surface area (Å²) in [4.78, 5) is 28.6. The number of ether oxygens (including phenoxy) is 1. The highest BCUT2D eigenvalue weighted by Crippen LogP contribution is 2.32. The Labute approximate surface area is 129 Å². The molecule has 0 aliphatic carbocycles. The lowest BCUT2D eigenvalue weighted by Crippen LogP contribution is -2.61. The molecule has 1 aromatic heterocycles. The van der Waals surface area contributed by atoms with Gasteiger partial charge in [-0.15, -0.1) is 0 Å². The van der Waals surface area contributed by atoms with Gasteiger partial charge in [0.05, 0.1) is 23.3 Å². The smallest absolute Gasteiger partial charge is 0.366 e. The summed E-state index contributed by atoms with van der Waals surface area (Å²) >= 11 is 0. The van der Waals surface area contributed by atoms with Gasteiger partial charge in [-0.05, 0) is 12.5 Å². The van der Waals surface area contributed by atoms with Crippen LogP contribution in [0.1, 0.15) is 22.3 Å². The Morgan fingerprint density at radius 2 is 2.22 bits per heavy atom. The summed E-state index contributed by atoms with van der Waals surface area (Å²) in [6.07, 6.45) is -2.61. The highest BCUT2D eigenvalue weighted by Gasteiger charge is 2.40. The van der Waals surface area contributed by atoms with Crippen molar-refractivity contribution in [3.63, 3.8) is 0 Å². The fourth-order valence-electron chi connectivity index (χ4n) is 2.86. The molecule has 2 atom stereocenters. The van der Waals surface area contributed by atoms with E-state index in [2.05, 4.69) is 10.3 Å². The Kier molecular flexibility index (Phi) is 3.97. The fourth-order valence-corrected chi connectivity index (χ4v) is 2.86. The lowest BCUT2D eigenvalue weighted by atomic mass is 9.99. The van der Waals surface area contributed by atoms with E-state index in [1.165, 1.54) is 4.90 Å². The Hall–Kier alpha value is -2.16. The van der Waals surface area contributed by atoms with Gasteiger partial charge in [0.1, 0.15) is 6.61 Å². The average Bonchev–Trinajstić information content (AvgIpc) is 2.52. The Morgan fingerprint density at radius 1 is 1.43 bits per heavy atom. The van der Waals surface area contributed by atoms with Crippen LogP contribution in [0.3, 0.4) is 0 Å². The molecule has 1 aromatic rings. The van der Waals surface area contributed by atoms with Gasteiger partial charge < -0.3 is 15.0 Å². The van der Waals surface area contributed by atoms with Gasteiger partial charge in [0.15, 0.2) is 0 Å². The van der Waals surface area contributed by atoms with E-state index in [4.69, 9.17) is 4.74 Å². The summed E-state index contributed by atoms with van der Waals surface area (Å²) < 4.78 is 44.4. The second-order valence-corrected chi connectivity index (χ2v) is 5.48. The van der Waals surface area contributed by atoms with Crippen LogP contribution in [0.2, 0.25) is 0 Å². The predicted molar refractivity (Wildman–Crippen MR) is 71.4 cm³/mol. The second-order valence-electron chi connectivity index (χ2n) is 5.48. The van der Waals surface area contributed by atoms with Gasteiger partial charge in [-0.1, -0.05) is 0 Å². The van der Waals surface area contributed by atoms with Crippen molar-refractivity contribution in [1.82, 2.24) is 15.2 Å². The molecule has 2 unspecified atom stereocenters. The molecule has 124 valence electrons. The predicted octanol–water partition coefficient (Wildman–Crippen LogP) is 0.830. The SMILES string of the molecule is O=C1COC2CCN(C(=O)c3ccncc3C(F)(F)F)CC2N1. The first-order chi connectivity index (χ1) is 10.9. The van der Waals surface area contributed by atoms with Crippen molar-refractivity contribution in [2.45, 2.75) is 24.7 Å². The van der Waals surface area contributed by atoms with Crippen LogP contribution in [-0.2, 0) is 15.7 Å². The first-order valence-electron chi connectivity index (χ1n) is 7.07. The van der Waals surface area contributed by atoms with Crippen LogP contribution in [0.25, 0.3) is 0 Å². The van der Waals surface area contributed by atoms with E-state index in [0.717, 1.165) is 12.3 Å². The number of nitrogens with zero attached hydrogens (tertiary/aromatic N) is 2. The average molecular weight is 329 g/mol. The molecule has 3 heterocycles. The van der Waals surface area contributed by atoms with E-state index in [9.17, 15) is 22.8 Å². The van der Waals surface area contributed by atoms with Crippen molar-refractivity contribution in [2.75, 3.05) is 19.7 Å². The highest BCUT2D eigenvalue weighted by atomic mass is 19.4. The van der Waals surface area contributed by atoms with Gasteiger partial charge in [-0.2, -0.15) is 13.2 Å². The number of hydrogen-bond donors (Lipinski definition) is 1. The number of nitrogens with one attached hydrogen (secondary N) is 1. The van der Waals surface area contributed by atoms with Gasteiger partial charge >= 0.3 is 6.18 Å². The zero-order valence-electron chi connectivity index (χ0n) is 12.0. The Morgan fingerprint density at radius 3 is 2.96 bits per heavy atom. The minimum Gasteiger partial charge on any atom is -0.366 e. The summed E-state index contributed by atoms with van der Waals surface area (Å²) in [5, 5.41) is 2.71. The summed E-state index contributed by atoms with van der Waals surface area (Å²) in [6, 6.07) is 0.665. The number of hydrogen-bond acceptors (Lipinski definition) is 4. The van der Waals surface area contributed by atoms with Crippen LogP contribution in [-0.4, -0.2) is 53.5 Å². The highest BCUT2D eigenvalue weighted by molar-refractivity contribution is 5.96. The summed E-state index contributed by atoms with van der Waals surface area (Å²) in [6.45, 7) is 0.363. The molecular weight excluding hydrogens is 315 g/mol. The number of morpholine rings is 1. The first-order valence-corrected chi connectivity index (χ1v) is 7.07. The number of carbonyl (C=O) groups excluding carboxylic acids is 2. The van der Waals surface area contributed by atoms with Crippen LogP contribution >= 0.6 is 0 Å². The largest absolute Gasteiger partial charge is 0.418 e. The van der Waals surface area contributed by atoms with Crippen molar-refractivity contribution < 1.29 is 27.5 Å². The van der Waals surface area contributed by atoms with E-state index >= 15 is 0 Å². The quantitative estimate of drug-likeness (QED) is 0.828. The molecule has 2 aliphatic rings. The number of halogens is 3. The molecule has 0 radical (unpaired) electrons. The number of likely N-dealkylation sites (tertiary alicyclic amines) is 1. The Bertz CT molecular complexity index is 635. The summed E-state index contributed by atoms with van der Waals surface area (Å²) in [5.41, 5.74) is -1.50. The third kappa shape index (κ3) is 3.14. The normalized spacial score (nSPS) is 24.8. The molecule has 0 aromatic carbocycles. The number of fused-ring (bicyclic) bond motifs is 1. The van der Waals surface area contributed by atoms with Crippen LogP contribution in [0.15, 0.2) is 18.5 Å². The van der Waals surface area contributed by atoms with Crippen molar-refractivity contribution in [1.29, 1.82) is 0 Å². The second kappa shape index (κ2) is 5.80. The van der Waals surface area contributed by atoms with E-state index in [0.29, 0.717) is 12.6 Å². The maximum Gasteiger partial charge on any atom is 0.418 e. The lowest BCUT2D eigenvalue weighted by Gasteiger charge is -2.41. The molecule has 9 heteroatoms. The molecule has 0 bridgehead atoms. The van der Waals surface area contributed by atoms with Gasteiger partial charge in [0, 0.05) is 25.5 Å². The Balaban J connectivity index is 1.80. The minimum absolute atomic E-state index is 0.0301. The monoisotopic (exact) mass is 329 g/mol. The van der Waals surface area contributed by atoms with Crippen molar-refractivity contribution in [2.24, 2.45) is 0 Å².